The van der Waals surface area contributed by atoms with E-state index in [1.807, 2.05) is 20.8 Å². The molecule has 0 radical (unpaired) electrons. The van der Waals surface area contributed by atoms with Gasteiger partial charge in [0.05, 0.1) is 33.0 Å². The van der Waals surface area contributed by atoms with Gasteiger partial charge in [0.15, 0.2) is 0 Å². The molecule has 0 aliphatic rings. The minimum atomic E-state index is -0.488. The molecule has 0 atom stereocenters. The van der Waals surface area contributed by atoms with Crippen LogP contribution < -0.4 is 5.32 Å². The van der Waals surface area contributed by atoms with Crippen molar-refractivity contribution in [1.82, 2.24) is 5.32 Å². The third kappa shape index (κ3) is 17.0. The molecule has 0 aliphatic carbocycles. The first-order chi connectivity index (χ1) is 11.3. The lowest BCUT2D eigenvalue weighted by molar-refractivity contribution is -0.149. The molecule has 0 aromatic carbocycles. The van der Waals surface area contributed by atoms with Gasteiger partial charge in [0.2, 0.25) is 0 Å². The molecule has 0 spiro atoms. The van der Waals surface area contributed by atoms with Gasteiger partial charge in [-0.3, -0.25) is 0 Å². The summed E-state index contributed by atoms with van der Waals surface area (Å²) in [5.74, 6) is -0.374. The highest BCUT2D eigenvalue weighted by atomic mass is 16.6. The second kappa shape index (κ2) is 14.0. The summed E-state index contributed by atoms with van der Waals surface area (Å²) in [5, 5.41) is 2.66. The summed E-state index contributed by atoms with van der Waals surface area (Å²) >= 11 is 0. The molecule has 0 saturated carbocycles. The average molecular weight is 349 g/mol. The molecular weight excluding hydrogens is 318 g/mol. The number of carbonyl (C=O) groups excluding carboxylic acids is 2. The van der Waals surface area contributed by atoms with Crippen LogP contribution in [-0.4, -0.2) is 70.5 Å². The van der Waals surface area contributed by atoms with E-state index < -0.39 is 11.7 Å². The Hall–Kier alpha value is -1.38. The third-order valence-corrected chi connectivity index (χ3v) is 2.40. The first-order valence-electron chi connectivity index (χ1n) is 8.21. The number of alkyl carbamates (subject to hydrolysis) is 1. The van der Waals surface area contributed by atoms with E-state index in [-0.39, 0.29) is 12.6 Å². The first-order valence-corrected chi connectivity index (χ1v) is 8.21. The van der Waals surface area contributed by atoms with Crippen molar-refractivity contribution in [2.45, 2.75) is 39.7 Å². The van der Waals surface area contributed by atoms with Crippen LogP contribution in [0.3, 0.4) is 0 Å². The quantitative estimate of drug-likeness (QED) is 0.398. The molecule has 1 amide bonds. The Kier molecular flexibility index (Phi) is 13.2. The molecule has 24 heavy (non-hydrogen) atoms. The predicted molar refractivity (Wildman–Crippen MR) is 87.9 cm³/mol. The molecule has 142 valence electrons. The summed E-state index contributed by atoms with van der Waals surface area (Å²) in [7, 11) is 0. The summed E-state index contributed by atoms with van der Waals surface area (Å²) < 4.78 is 25.5. The van der Waals surface area contributed by atoms with Crippen molar-refractivity contribution in [1.29, 1.82) is 0 Å². The van der Waals surface area contributed by atoms with E-state index in [1.54, 1.807) is 6.92 Å². The number of hydrogen-bond donors (Lipinski definition) is 1. The molecule has 0 aromatic heterocycles. The van der Waals surface area contributed by atoms with E-state index in [4.69, 9.17) is 23.7 Å². The van der Waals surface area contributed by atoms with Crippen LogP contribution >= 0.6 is 0 Å². The lowest BCUT2D eigenvalue weighted by Gasteiger charge is -2.19. The molecule has 8 nitrogen and oxygen atoms in total. The zero-order valence-electron chi connectivity index (χ0n) is 15.2. The van der Waals surface area contributed by atoms with Gasteiger partial charge in [-0.15, -0.1) is 0 Å². The molecule has 0 heterocycles. The van der Waals surface area contributed by atoms with Crippen molar-refractivity contribution in [2.75, 3.05) is 52.8 Å². The summed E-state index contributed by atoms with van der Waals surface area (Å²) in [6.45, 7) is 10.1. The lowest BCUT2D eigenvalue weighted by Crippen LogP contribution is -2.33. The van der Waals surface area contributed by atoms with Gasteiger partial charge in [-0.05, 0) is 34.1 Å². The molecule has 0 aliphatic heterocycles. The SMILES string of the molecule is CCOC(=O)COCCOCCOCCCNC(=O)OC(C)(C)C. The standard InChI is InChI=1S/C16H31NO7/c1-5-23-14(18)13-22-12-11-21-10-9-20-8-6-7-17-15(19)24-16(2,3)4/h5-13H2,1-4H3,(H,17,19). The maximum atomic E-state index is 11.4. The second-order valence-corrected chi connectivity index (χ2v) is 5.86. The zero-order chi connectivity index (χ0) is 18.3. The molecule has 0 saturated heterocycles. The molecule has 0 unspecified atom stereocenters. The molecule has 0 rings (SSSR count). The maximum Gasteiger partial charge on any atom is 0.407 e. The Bertz CT molecular complexity index is 342. The molecule has 1 N–H and O–H groups in total. The highest BCUT2D eigenvalue weighted by molar-refractivity contribution is 5.70. The molecule has 8 heteroatoms. The fourth-order valence-corrected chi connectivity index (χ4v) is 1.48. The van der Waals surface area contributed by atoms with Gasteiger partial charge in [-0.1, -0.05) is 0 Å². The van der Waals surface area contributed by atoms with Crippen molar-refractivity contribution >= 4 is 12.1 Å². The molecular formula is C16H31NO7. The minimum Gasteiger partial charge on any atom is -0.464 e. The van der Waals surface area contributed by atoms with Gasteiger partial charge in [-0.2, -0.15) is 0 Å². The third-order valence-electron chi connectivity index (χ3n) is 2.40. The van der Waals surface area contributed by atoms with Crippen LogP contribution in [0.5, 0.6) is 0 Å². The van der Waals surface area contributed by atoms with Crippen LogP contribution in [-0.2, 0) is 28.5 Å². The van der Waals surface area contributed by atoms with Crippen LogP contribution in [0.1, 0.15) is 34.1 Å². The monoisotopic (exact) mass is 349 g/mol. The van der Waals surface area contributed by atoms with Gasteiger partial charge in [0.1, 0.15) is 12.2 Å². The van der Waals surface area contributed by atoms with Gasteiger partial charge in [0.25, 0.3) is 0 Å². The van der Waals surface area contributed by atoms with Crippen LogP contribution in [0, 0.1) is 0 Å². The molecule has 0 aromatic rings. The Morgan fingerprint density at radius 3 is 2.08 bits per heavy atom. The van der Waals surface area contributed by atoms with Gasteiger partial charge in [-0.25, -0.2) is 9.59 Å². The smallest absolute Gasteiger partial charge is 0.407 e. The molecule has 0 fully saturated rings. The second-order valence-electron chi connectivity index (χ2n) is 5.86. The van der Waals surface area contributed by atoms with Crippen molar-refractivity contribution in [2.24, 2.45) is 0 Å². The first kappa shape index (κ1) is 22.6. The zero-order valence-corrected chi connectivity index (χ0v) is 15.2. The maximum absolute atomic E-state index is 11.4. The minimum absolute atomic E-state index is 0.0572. The van der Waals surface area contributed by atoms with E-state index >= 15 is 0 Å². The fraction of sp³-hybridized carbons (Fsp3) is 0.875. The predicted octanol–water partition coefficient (Wildman–Crippen LogP) is 1.51. The average Bonchev–Trinajstić information content (AvgIpc) is 2.46. The van der Waals surface area contributed by atoms with Crippen LogP contribution in [0.15, 0.2) is 0 Å². The Morgan fingerprint density at radius 1 is 0.917 bits per heavy atom. The Morgan fingerprint density at radius 2 is 1.50 bits per heavy atom. The van der Waals surface area contributed by atoms with Crippen molar-refractivity contribution < 1.29 is 33.3 Å². The highest BCUT2D eigenvalue weighted by Gasteiger charge is 2.15. The largest absolute Gasteiger partial charge is 0.464 e. The summed E-state index contributed by atoms with van der Waals surface area (Å²) in [6, 6.07) is 0. The van der Waals surface area contributed by atoms with E-state index in [9.17, 15) is 9.59 Å². The van der Waals surface area contributed by atoms with Crippen molar-refractivity contribution in [3.05, 3.63) is 0 Å². The summed E-state index contributed by atoms with van der Waals surface area (Å²) in [6.07, 6.45) is 0.274. The van der Waals surface area contributed by atoms with Gasteiger partial charge < -0.3 is 29.0 Å². The summed E-state index contributed by atoms with van der Waals surface area (Å²) in [5.41, 5.74) is -0.488. The number of rotatable bonds is 13. The number of esters is 1. The number of carbonyl (C=O) groups is 2. The lowest BCUT2D eigenvalue weighted by atomic mass is 10.2. The molecule has 0 bridgehead atoms. The number of ether oxygens (including phenoxy) is 5. The van der Waals surface area contributed by atoms with E-state index in [1.165, 1.54) is 0 Å². The van der Waals surface area contributed by atoms with Crippen molar-refractivity contribution in [3.8, 4) is 0 Å². The Labute approximate surface area is 144 Å². The Balaban J connectivity index is 3.23. The van der Waals surface area contributed by atoms with Gasteiger partial charge in [0, 0.05) is 13.2 Å². The number of nitrogens with one attached hydrogen (secondary N) is 1. The summed E-state index contributed by atoms with van der Waals surface area (Å²) in [4.78, 5) is 22.3. The normalized spacial score (nSPS) is 11.2. The topological polar surface area (TPSA) is 92.3 Å². The highest BCUT2D eigenvalue weighted by Crippen LogP contribution is 2.06. The fourth-order valence-electron chi connectivity index (χ4n) is 1.48. The van der Waals surface area contributed by atoms with E-state index in [2.05, 4.69) is 5.32 Å². The van der Waals surface area contributed by atoms with Crippen LogP contribution in [0.4, 0.5) is 4.79 Å². The van der Waals surface area contributed by atoms with Crippen LogP contribution in [0.25, 0.3) is 0 Å². The van der Waals surface area contributed by atoms with Crippen molar-refractivity contribution in [3.63, 3.8) is 0 Å². The van der Waals surface area contributed by atoms with E-state index in [0.717, 1.165) is 0 Å². The van der Waals surface area contributed by atoms with Gasteiger partial charge >= 0.3 is 12.1 Å². The number of hydrogen-bond acceptors (Lipinski definition) is 7. The van der Waals surface area contributed by atoms with Crippen LogP contribution in [0.2, 0.25) is 0 Å². The van der Waals surface area contributed by atoms with E-state index in [0.29, 0.717) is 52.6 Å². The number of amides is 1.